The monoisotopic (exact) mass is 462 g/mol. The molecular weight excluding hydrogens is 440 g/mol. The minimum absolute atomic E-state index is 0.890. The molecule has 0 aliphatic carbocycles. The number of benzene rings is 2. The number of methoxy groups -OCH3 is 1. The number of nitrogens with zero attached hydrogens (tertiary/aromatic N) is 2. The van der Waals surface area contributed by atoms with Crippen LogP contribution in [-0.2, 0) is 13.1 Å². The quantitative estimate of drug-likeness (QED) is 0.388. The molecule has 0 aliphatic heterocycles. The van der Waals surface area contributed by atoms with Crippen molar-refractivity contribution in [2.45, 2.75) is 26.4 Å². The van der Waals surface area contributed by atoms with Crippen molar-refractivity contribution >= 4 is 38.4 Å². The highest BCUT2D eigenvalue weighted by molar-refractivity contribution is 7.16. The Hall–Kier alpha value is -2.46. The Morgan fingerprint density at radius 1 is 1.03 bits per heavy atom. The van der Waals surface area contributed by atoms with Crippen molar-refractivity contribution in [2.75, 3.05) is 7.11 Å². The lowest BCUT2D eigenvalue weighted by atomic mass is 10.1. The lowest BCUT2D eigenvalue weighted by Crippen LogP contribution is -2.68. The number of fused-ring (bicyclic) bond motifs is 2. The number of thiazole rings is 1. The van der Waals surface area contributed by atoms with Crippen molar-refractivity contribution in [3.63, 3.8) is 0 Å². The molecule has 0 bridgehead atoms. The summed E-state index contributed by atoms with van der Waals surface area (Å²) in [4.78, 5) is 0. The molecule has 4 aromatic rings. The maximum atomic E-state index is 8.49. The maximum Gasteiger partial charge on any atom is 0.225 e. The van der Waals surface area contributed by atoms with Gasteiger partial charge < -0.3 is 9.30 Å². The maximum absolute atomic E-state index is 8.49. The molecule has 0 saturated heterocycles. The van der Waals surface area contributed by atoms with E-state index in [0.717, 1.165) is 25.4 Å². The van der Waals surface area contributed by atoms with Crippen LogP contribution in [-0.4, -0.2) is 11.7 Å². The Bertz CT molecular complexity index is 1170. The predicted molar refractivity (Wildman–Crippen MR) is 110 cm³/mol. The van der Waals surface area contributed by atoms with Gasteiger partial charge in [0, 0.05) is 29.8 Å². The molecule has 0 unspecified atom stereocenters. The molecule has 0 radical (unpaired) electrons. The van der Waals surface area contributed by atoms with Gasteiger partial charge in [0.05, 0.1) is 12.8 Å². The van der Waals surface area contributed by atoms with Crippen LogP contribution in [0.2, 0.25) is 0 Å². The SMILES string of the molecule is CCn1c(C=CCC[n+]2csc3ccccc32)c2ccccc2c1OC.[O-][Cl+3]([O-])([O-])[O-]. The molecule has 31 heavy (non-hydrogen) atoms. The molecule has 0 aliphatic rings. The Morgan fingerprint density at radius 2 is 1.68 bits per heavy atom. The van der Waals surface area contributed by atoms with E-state index in [0.29, 0.717) is 0 Å². The van der Waals surface area contributed by atoms with Gasteiger partial charge in [-0.15, -0.1) is 10.2 Å². The van der Waals surface area contributed by atoms with Crippen molar-refractivity contribution in [2.24, 2.45) is 0 Å². The van der Waals surface area contributed by atoms with Crippen molar-refractivity contribution in [3.8, 4) is 5.88 Å². The average molecular weight is 463 g/mol. The first-order chi connectivity index (χ1) is 14.8. The molecular formula is C22H23ClN2O5S. The summed E-state index contributed by atoms with van der Waals surface area (Å²) in [5.74, 6) is 0.945. The summed E-state index contributed by atoms with van der Waals surface area (Å²) >= 11 is 1.80. The van der Waals surface area contributed by atoms with Crippen LogP contribution in [0.3, 0.4) is 0 Å². The minimum atomic E-state index is -4.94. The third kappa shape index (κ3) is 5.82. The van der Waals surface area contributed by atoms with Crippen molar-refractivity contribution in [3.05, 3.63) is 65.8 Å². The van der Waals surface area contributed by atoms with Crippen LogP contribution in [0.1, 0.15) is 19.0 Å². The molecule has 2 aromatic carbocycles. The average Bonchev–Trinajstić information content (AvgIpc) is 3.28. The highest BCUT2D eigenvalue weighted by Crippen LogP contribution is 2.33. The zero-order valence-corrected chi connectivity index (χ0v) is 18.8. The normalized spacial score (nSPS) is 11.8. The lowest BCUT2D eigenvalue weighted by molar-refractivity contribution is -2.00. The van der Waals surface area contributed by atoms with E-state index >= 15 is 0 Å². The summed E-state index contributed by atoms with van der Waals surface area (Å²) in [5.41, 5.74) is 4.75. The van der Waals surface area contributed by atoms with Crippen molar-refractivity contribution in [1.29, 1.82) is 0 Å². The van der Waals surface area contributed by atoms with Crippen LogP contribution >= 0.6 is 11.3 Å². The minimum Gasteiger partial charge on any atom is -0.482 e. The number of rotatable bonds is 6. The van der Waals surface area contributed by atoms with Crippen LogP contribution in [0.25, 0.3) is 27.1 Å². The third-order valence-corrected chi connectivity index (χ3v) is 5.73. The summed E-state index contributed by atoms with van der Waals surface area (Å²) in [6.07, 6.45) is 5.51. The molecule has 0 fully saturated rings. The van der Waals surface area contributed by atoms with Crippen molar-refractivity contribution < 1.29 is 38.2 Å². The van der Waals surface area contributed by atoms with E-state index in [-0.39, 0.29) is 0 Å². The van der Waals surface area contributed by atoms with Gasteiger partial charge in [0.15, 0.2) is 6.54 Å². The van der Waals surface area contributed by atoms with Crippen LogP contribution < -0.4 is 27.9 Å². The highest BCUT2D eigenvalue weighted by atomic mass is 35.7. The topological polar surface area (TPSA) is 110 Å². The molecule has 7 nitrogen and oxygen atoms in total. The van der Waals surface area contributed by atoms with Crippen LogP contribution in [0.4, 0.5) is 0 Å². The summed E-state index contributed by atoms with van der Waals surface area (Å²) < 4.78 is 45.6. The standard InChI is InChI=1S/C22H23N2OS.ClHO4/c1-3-24-19(17-10-4-5-11-18(17)22(24)25-2)12-8-9-15-23-16-26-21-14-7-6-13-20(21)23;2-1(3,4)5/h4-8,10-14,16H,3,9,15H2,1-2H3;(H,2,3,4,5)/q+1;/p-1. The molecule has 0 atom stereocenters. The largest absolute Gasteiger partial charge is 0.482 e. The first-order valence-electron chi connectivity index (χ1n) is 9.62. The number of halogens is 1. The second kappa shape index (κ2) is 10.2. The molecule has 0 amide bonds. The predicted octanol–water partition coefficient (Wildman–Crippen LogP) is 0.520. The fraction of sp³-hybridized carbons (Fsp3) is 0.227. The number of para-hydroxylation sites is 1. The molecule has 2 heterocycles. The van der Waals surface area contributed by atoms with E-state index < -0.39 is 10.2 Å². The van der Waals surface area contributed by atoms with Gasteiger partial charge in [-0.2, -0.15) is 4.57 Å². The molecule has 4 rings (SSSR count). The highest BCUT2D eigenvalue weighted by Gasteiger charge is 2.14. The van der Waals surface area contributed by atoms with Gasteiger partial charge in [-0.25, -0.2) is 18.6 Å². The van der Waals surface area contributed by atoms with Gasteiger partial charge in [-0.1, -0.05) is 47.7 Å². The van der Waals surface area contributed by atoms with E-state index in [2.05, 4.69) is 82.3 Å². The van der Waals surface area contributed by atoms with Gasteiger partial charge in [-0.3, -0.25) is 0 Å². The number of hydrogen-bond donors (Lipinski definition) is 0. The summed E-state index contributed by atoms with van der Waals surface area (Å²) in [6.45, 7) is 4.04. The molecule has 9 heteroatoms. The second-order valence-electron chi connectivity index (χ2n) is 6.64. The second-order valence-corrected chi connectivity index (χ2v) is 8.28. The van der Waals surface area contributed by atoms with Crippen LogP contribution in [0, 0.1) is 10.2 Å². The molecule has 0 N–H and O–H groups in total. The first-order valence-corrected chi connectivity index (χ1v) is 11.7. The lowest BCUT2D eigenvalue weighted by Gasteiger charge is -2.17. The van der Waals surface area contributed by atoms with Gasteiger partial charge in [0.1, 0.15) is 4.70 Å². The summed E-state index contributed by atoms with van der Waals surface area (Å²) in [7, 11) is -3.19. The van der Waals surface area contributed by atoms with E-state index in [1.807, 2.05) is 0 Å². The number of aryl methyl sites for hydroxylation is 1. The van der Waals surface area contributed by atoms with E-state index in [4.69, 9.17) is 23.4 Å². The fourth-order valence-corrected chi connectivity index (χ4v) is 4.48. The number of aromatic nitrogens is 2. The molecule has 164 valence electrons. The smallest absolute Gasteiger partial charge is 0.225 e. The number of hydrogen-bond acceptors (Lipinski definition) is 6. The Morgan fingerprint density at radius 3 is 2.35 bits per heavy atom. The summed E-state index contributed by atoms with van der Waals surface area (Å²) in [6, 6.07) is 17.0. The Kier molecular flexibility index (Phi) is 7.66. The molecule has 0 spiro atoms. The zero-order valence-electron chi connectivity index (χ0n) is 17.2. The molecule has 2 aromatic heterocycles. The van der Waals surface area contributed by atoms with Crippen LogP contribution in [0.15, 0.2) is 60.1 Å². The number of allylic oxidation sites excluding steroid dienone is 1. The van der Waals surface area contributed by atoms with Crippen LogP contribution in [0.5, 0.6) is 5.88 Å². The zero-order chi connectivity index (χ0) is 22.4. The first kappa shape index (κ1) is 23.2. The van der Waals surface area contributed by atoms with Gasteiger partial charge in [-0.05, 0) is 25.1 Å². The van der Waals surface area contributed by atoms with Gasteiger partial charge in [0.25, 0.3) is 0 Å². The van der Waals surface area contributed by atoms with E-state index in [1.54, 1.807) is 18.4 Å². The Balaban J connectivity index is 0.000000491. The molecule has 0 saturated carbocycles. The number of ether oxygens (including phenoxy) is 1. The van der Waals surface area contributed by atoms with Crippen molar-refractivity contribution in [1.82, 2.24) is 4.57 Å². The van der Waals surface area contributed by atoms with Gasteiger partial charge in [0.2, 0.25) is 16.9 Å². The van der Waals surface area contributed by atoms with E-state index in [1.165, 1.54) is 26.7 Å². The van der Waals surface area contributed by atoms with Gasteiger partial charge >= 0.3 is 0 Å². The third-order valence-electron chi connectivity index (χ3n) is 4.77. The fourth-order valence-electron chi connectivity index (χ4n) is 3.56. The Labute approximate surface area is 186 Å². The van der Waals surface area contributed by atoms with E-state index in [9.17, 15) is 0 Å². The summed E-state index contributed by atoms with van der Waals surface area (Å²) in [5, 5.41) is 2.42.